The molecule has 104 valence electrons. The first-order valence-electron chi connectivity index (χ1n) is 6.31. The molecule has 3 heterocycles. The van der Waals surface area contributed by atoms with E-state index in [1.807, 2.05) is 28.8 Å². The van der Waals surface area contributed by atoms with Crippen molar-refractivity contribution in [1.29, 1.82) is 0 Å². The fourth-order valence-corrected chi connectivity index (χ4v) is 2.60. The maximum absolute atomic E-state index is 8.91. The van der Waals surface area contributed by atoms with Gasteiger partial charge in [-0.15, -0.1) is 0 Å². The summed E-state index contributed by atoms with van der Waals surface area (Å²) in [6.07, 6.45) is 3.18. The molecule has 21 heavy (non-hydrogen) atoms. The summed E-state index contributed by atoms with van der Waals surface area (Å²) in [6.45, 7) is 0.440. The van der Waals surface area contributed by atoms with E-state index in [1.54, 1.807) is 11.0 Å². The van der Waals surface area contributed by atoms with Gasteiger partial charge in [0.2, 0.25) is 0 Å². The molecule has 0 aliphatic carbocycles. The topological polar surface area (TPSA) is 107 Å². The number of hydrogen-bond donors (Lipinski definition) is 2. The molecule has 0 saturated heterocycles. The third-order valence-electron chi connectivity index (χ3n) is 3.54. The predicted molar refractivity (Wildman–Crippen MR) is 74.2 cm³/mol. The summed E-state index contributed by atoms with van der Waals surface area (Å²) in [5.41, 5.74) is 8.83. The minimum atomic E-state index is -0.0233. The number of benzene rings is 1. The van der Waals surface area contributed by atoms with E-state index in [9.17, 15) is 0 Å². The first kappa shape index (κ1) is 11.6. The van der Waals surface area contributed by atoms with Gasteiger partial charge in [-0.2, -0.15) is 5.10 Å². The maximum Gasteiger partial charge on any atom is 0.190 e. The number of aromatic nitrogens is 5. The second kappa shape index (κ2) is 4.17. The second-order valence-electron chi connectivity index (χ2n) is 4.65. The number of imidazole rings is 1. The number of fused-ring (bicyclic) bond motifs is 5. The van der Waals surface area contributed by atoms with E-state index < -0.39 is 0 Å². The fourth-order valence-electron chi connectivity index (χ4n) is 2.60. The highest BCUT2D eigenvalue weighted by molar-refractivity contribution is 5.96. The summed E-state index contributed by atoms with van der Waals surface area (Å²) in [5, 5.41) is 16.2. The van der Waals surface area contributed by atoms with Gasteiger partial charge in [-0.1, -0.05) is 17.3 Å². The number of hydrogen-bond acceptors (Lipinski definition) is 5. The molecule has 1 aromatic carbocycles. The molecule has 0 saturated carbocycles. The molecule has 0 spiro atoms. The highest BCUT2D eigenvalue weighted by Gasteiger charge is 2.24. The van der Waals surface area contributed by atoms with Crippen LogP contribution in [0.25, 0.3) is 17.1 Å². The Morgan fingerprint density at radius 2 is 2.14 bits per heavy atom. The third-order valence-corrected chi connectivity index (χ3v) is 3.54. The largest absolute Gasteiger partial charge is 0.409 e. The highest BCUT2D eigenvalue weighted by atomic mass is 16.4. The third kappa shape index (κ3) is 1.55. The van der Waals surface area contributed by atoms with Crippen molar-refractivity contribution < 1.29 is 5.21 Å². The molecule has 3 N–H and O–H groups in total. The first-order valence-corrected chi connectivity index (χ1v) is 6.31. The molecule has 0 bridgehead atoms. The molecule has 8 nitrogen and oxygen atoms in total. The van der Waals surface area contributed by atoms with Crippen LogP contribution in [0.2, 0.25) is 0 Å². The second-order valence-corrected chi connectivity index (χ2v) is 4.65. The van der Waals surface area contributed by atoms with E-state index in [0.29, 0.717) is 12.2 Å². The summed E-state index contributed by atoms with van der Waals surface area (Å²) in [4.78, 5) is 8.57. The minimum Gasteiger partial charge on any atom is -0.409 e. The van der Waals surface area contributed by atoms with Gasteiger partial charge in [0, 0.05) is 5.56 Å². The van der Waals surface area contributed by atoms with Gasteiger partial charge >= 0.3 is 0 Å². The zero-order valence-electron chi connectivity index (χ0n) is 10.9. The van der Waals surface area contributed by atoms with E-state index in [1.165, 1.54) is 6.33 Å². The number of oxime groups is 1. The van der Waals surface area contributed by atoms with Gasteiger partial charge in [-0.05, 0) is 12.1 Å². The van der Waals surface area contributed by atoms with Gasteiger partial charge in [0.05, 0.1) is 17.9 Å². The predicted octanol–water partition coefficient (Wildman–Crippen LogP) is 0.587. The van der Waals surface area contributed by atoms with Gasteiger partial charge in [0.1, 0.15) is 18.3 Å². The quantitative estimate of drug-likeness (QED) is 0.230. The van der Waals surface area contributed by atoms with E-state index in [-0.39, 0.29) is 5.84 Å². The molecule has 3 aromatic rings. The summed E-state index contributed by atoms with van der Waals surface area (Å²) in [6, 6.07) is 7.84. The van der Waals surface area contributed by atoms with Crippen molar-refractivity contribution in [3.8, 4) is 17.1 Å². The zero-order valence-corrected chi connectivity index (χ0v) is 10.9. The SMILES string of the molecule is NC(=NO)c1ncn2c1Cn1ncnc1-c1ccccc1-2. The maximum atomic E-state index is 8.91. The lowest BCUT2D eigenvalue weighted by Crippen LogP contribution is -2.18. The van der Waals surface area contributed by atoms with Gasteiger partial charge in [0.25, 0.3) is 0 Å². The average Bonchev–Trinajstić information content (AvgIpc) is 3.12. The van der Waals surface area contributed by atoms with Crippen molar-refractivity contribution in [2.75, 3.05) is 0 Å². The number of rotatable bonds is 1. The zero-order chi connectivity index (χ0) is 14.4. The van der Waals surface area contributed by atoms with Crippen LogP contribution in [0.3, 0.4) is 0 Å². The van der Waals surface area contributed by atoms with Crippen LogP contribution in [-0.2, 0) is 6.54 Å². The van der Waals surface area contributed by atoms with Crippen molar-refractivity contribution in [3.05, 3.63) is 48.3 Å². The number of nitrogens with two attached hydrogens (primary N) is 1. The lowest BCUT2D eigenvalue weighted by molar-refractivity contribution is 0.318. The first-order chi connectivity index (χ1) is 10.3. The monoisotopic (exact) mass is 281 g/mol. The van der Waals surface area contributed by atoms with Crippen molar-refractivity contribution in [3.63, 3.8) is 0 Å². The lowest BCUT2D eigenvalue weighted by Gasteiger charge is -2.07. The Labute approximate surface area is 119 Å². The Balaban J connectivity index is 2.06. The van der Waals surface area contributed by atoms with Crippen LogP contribution in [0, 0.1) is 0 Å². The summed E-state index contributed by atoms with van der Waals surface area (Å²) >= 11 is 0. The Morgan fingerprint density at radius 3 is 3.00 bits per heavy atom. The van der Waals surface area contributed by atoms with Crippen LogP contribution in [0.4, 0.5) is 0 Å². The van der Waals surface area contributed by atoms with Crippen LogP contribution in [0.15, 0.2) is 42.1 Å². The molecule has 4 rings (SSSR count). The standard InChI is InChI=1S/C13H11N7O/c14-12(18-21)11-10-5-20-13(15-6-17-20)8-3-1-2-4-9(8)19(10)7-16-11/h1-4,6-7,21H,5H2,(H2,14,18). The fraction of sp³-hybridized carbons (Fsp3) is 0.0769. The van der Waals surface area contributed by atoms with Crippen molar-refractivity contribution in [2.45, 2.75) is 6.54 Å². The molecule has 0 unspecified atom stereocenters. The van der Waals surface area contributed by atoms with Crippen LogP contribution < -0.4 is 5.73 Å². The average molecular weight is 281 g/mol. The molecule has 0 atom stereocenters. The van der Waals surface area contributed by atoms with E-state index in [4.69, 9.17) is 10.9 Å². The van der Waals surface area contributed by atoms with Crippen LogP contribution >= 0.6 is 0 Å². The minimum absolute atomic E-state index is 0.0233. The van der Waals surface area contributed by atoms with Crippen LogP contribution in [-0.4, -0.2) is 35.4 Å². The number of para-hydroxylation sites is 1. The Morgan fingerprint density at radius 1 is 1.29 bits per heavy atom. The summed E-state index contributed by atoms with van der Waals surface area (Å²) in [7, 11) is 0. The molecule has 2 aromatic heterocycles. The number of amidine groups is 1. The summed E-state index contributed by atoms with van der Waals surface area (Å²) in [5.74, 6) is 0.754. The van der Waals surface area contributed by atoms with E-state index >= 15 is 0 Å². The Hall–Kier alpha value is -3.16. The van der Waals surface area contributed by atoms with Gasteiger partial charge in [-0.3, -0.25) is 4.57 Å². The molecular weight excluding hydrogens is 270 g/mol. The molecule has 1 aliphatic rings. The molecule has 0 fully saturated rings. The van der Waals surface area contributed by atoms with Crippen molar-refractivity contribution in [1.82, 2.24) is 24.3 Å². The molecular formula is C13H11N7O. The molecule has 1 aliphatic heterocycles. The van der Waals surface area contributed by atoms with E-state index in [2.05, 4.69) is 20.2 Å². The normalized spacial score (nSPS) is 13.2. The smallest absolute Gasteiger partial charge is 0.190 e. The van der Waals surface area contributed by atoms with Gasteiger partial charge < -0.3 is 10.9 Å². The van der Waals surface area contributed by atoms with Gasteiger partial charge in [-0.25, -0.2) is 14.6 Å². The summed E-state index contributed by atoms with van der Waals surface area (Å²) < 4.78 is 3.69. The molecule has 0 amide bonds. The highest BCUT2D eigenvalue weighted by Crippen LogP contribution is 2.30. The van der Waals surface area contributed by atoms with Crippen molar-refractivity contribution in [2.24, 2.45) is 10.9 Å². The van der Waals surface area contributed by atoms with Gasteiger partial charge in [0.15, 0.2) is 11.7 Å². The van der Waals surface area contributed by atoms with Crippen LogP contribution in [0.5, 0.6) is 0 Å². The lowest BCUT2D eigenvalue weighted by atomic mass is 10.1. The van der Waals surface area contributed by atoms with E-state index in [0.717, 1.165) is 22.8 Å². The Bertz CT molecular complexity index is 861. The van der Waals surface area contributed by atoms with Crippen molar-refractivity contribution >= 4 is 5.84 Å². The number of nitrogens with zero attached hydrogens (tertiary/aromatic N) is 6. The Kier molecular flexibility index (Phi) is 2.31. The molecule has 0 radical (unpaired) electrons. The van der Waals surface area contributed by atoms with Crippen LogP contribution in [0.1, 0.15) is 11.4 Å². The molecule has 8 heteroatoms.